The van der Waals surface area contributed by atoms with Gasteiger partial charge in [-0.15, -0.1) is 0 Å². The first-order valence-corrected chi connectivity index (χ1v) is 9.56. The normalized spacial score (nSPS) is 14.5. The molecule has 0 saturated carbocycles. The summed E-state index contributed by atoms with van der Waals surface area (Å²) in [4.78, 5) is 14.6. The lowest BCUT2D eigenvalue weighted by Gasteiger charge is -2.26. The highest BCUT2D eigenvalue weighted by molar-refractivity contribution is 7.99. The van der Waals surface area contributed by atoms with Crippen LogP contribution in [-0.2, 0) is 6.54 Å². The summed E-state index contributed by atoms with van der Waals surface area (Å²) < 4.78 is 0. The molecular weight excluding hydrogens is 316 g/mol. The molecule has 0 aliphatic carbocycles. The maximum atomic E-state index is 12.7. The number of hydrogen-bond donors (Lipinski definition) is 1. The van der Waals surface area contributed by atoms with Crippen LogP contribution in [0.25, 0.3) is 0 Å². The van der Waals surface area contributed by atoms with Gasteiger partial charge in [-0.25, -0.2) is 0 Å². The average Bonchev–Trinajstić information content (AvgIpc) is 2.61. The number of carbonyl (C=O) groups is 1. The highest BCUT2D eigenvalue weighted by Crippen LogP contribution is 2.20. The van der Waals surface area contributed by atoms with Gasteiger partial charge in [-0.05, 0) is 37.1 Å². The molecule has 1 aliphatic rings. The van der Waals surface area contributed by atoms with Crippen molar-refractivity contribution >= 4 is 23.4 Å². The first-order chi connectivity index (χ1) is 11.6. The smallest absolute Gasteiger partial charge is 0.253 e. The summed E-state index contributed by atoms with van der Waals surface area (Å²) >= 11 is 1.92. The van der Waals surface area contributed by atoms with Crippen LogP contribution < -0.4 is 5.32 Å². The van der Waals surface area contributed by atoms with E-state index in [1.165, 1.54) is 11.1 Å². The molecule has 1 heterocycles. The molecule has 3 rings (SSSR count). The Kier molecular flexibility index (Phi) is 5.46. The number of nitrogens with one attached hydrogen (secondary N) is 1. The molecule has 1 amide bonds. The summed E-state index contributed by atoms with van der Waals surface area (Å²) in [6.45, 7) is 6.64. The van der Waals surface area contributed by atoms with Crippen molar-refractivity contribution in [3.8, 4) is 0 Å². The number of amides is 1. The molecule has 0 atom stereocenters. The molecule has 1 N–H and O–H groups in total. The zero-order valence-corrected chi connectivity index (χ0v) is 15.2. The van der Waals surface area contributed by atoms with Crippen LogP contribution in [0.3, 0.4) is 0 Å². The van der Waals surface area contributed by atoms with Gasteiger partial charge in [-0.3, -0.25) is 4.79 Å². The quantitative estimate of drug-likeness (QED) is 0.909. The Morgan fingerprint density at radius 1 is 1.12 bits per heavy atom. The van der Waals surface area contributed by atoms with Gasteiger partial charge in [-0.2, -0.15) is 11.8 Å². The van der Waals surface area contributed by atoms with E-state index in [2.05, 4.69) is 43.4 Å². The van der Waals surface area contributed by atoms with Gasteiger partial charge < -0.3 is 10.2 Å². The summed E-state index contributed by atoms with van der Waals surface area (Å²) in [7, 11) is 0. The fourth-order valence-corrected chi connectivity index (χ4v) is 3.82. The van der Waals surface area contributed by atoms with Gasteiger partial charge in [0.2, 0.25) is 0 Å². The number of carbonyl (C=O) groups excluding carboxylic acids is 1. The van der Waals surface area contributed by atoms with Gasteiger partial charge >= 0.3 is 0 Å². The van der Waals surface area contributed by atoms with Crippen LogP contribution in [-0.4, -0.2) is 35.4 Å². The zero-order chi connectivity index (χ0) is 16.9. The van der Waals surface area contributed by atoms with Crippen molar-refractivity contribution in [2.75, 3.05) is 29.9 Å². The molecule has 2 aromatic rings. The number of nitrogens with zero attached hydrogens (tertiary/aromatic N) is 1. The lowest BCUT2D eigenvalue weighted by atomic mass is 10.1. The molecule has 4 heteroatoms. The standard InChI is InChI=1S/C20H24N2OS/c1-15-4-3-5-17(12-15)14-21-19-13-18(7-6-16(19)2)20(23)22-8-10-24-11-9-22/h3-7,12-13,21H,8-11,14H2,1-2H3. The minimum Gasteiger partial charge on any atom is -0.381 e. The van der Waals surface area contributed by atoms with Crippen molar-refractivity contribution < 1.29 is 4.79 Å². The largest absolute Gasteiger partial charge is 0.381 e. The fourth-order valence-electron chi connectivity index (χ4n) is 2.91. The summed E-state index contributed by atoms with van der Waals surface area (Å²) in [5.41, 5.74) is 5.48. The first-order valence-electron chi connectivity index (χ1n) is 8.40. The summed E-state index contributed by atoms with van der Waals surface area (Å²) in [5.74, 6) is 2.22. The van der Waals surface area contributed by atoms with Gasteiger partial charge in [0.15, 0.2) is 0 Å². The number of rotatable bonds is 4. The predicted molar refractivity (Wildman–Crippen MR) is 103 cm³/mol. The zero-order valence-electron chi connectivity index (χ0n) is 14.3. The maximum Gasteiger partial charge on any atom is 0.253 e. The van der Waals surface area contributed by atoms with E-state index in [1.54, 1.807) is 0 Å². The Hall–Kier alpha value is -1.94. The molecule has 0 unspecified atom stereocenters. The molecule has 1 saturated heterocycles. The lowest BCUT2D eigenvalue weighted by molar-refractivity contribution is 0.0772. The van der Waals surface area contributed by atoms with Crippen molar-refractivity contribution in [3.63, 3.8) is 0 Å². The number of thioether (sulfide) groups is 1. The SMILES string of the molecule is Cc1cccc(CNc2cc(C(=O)N3CCSCC3)ccc2C)c1. The number of aryl methyl sites for hydroxylation is 2. The van der Waals surface area contributed by atoms with Crippen molar-refractivity contribution in [2.45, 2.75) is 20.4 Å². The molecule has 0 spiro atoms. The summed E-state index contributed by atoms with van der Waals surface area (Å²) in [6, 6.07) is 14.5. The van der Waals surface area contributed by atoms with Gasteiger partial charge in [-0.1, -0.05) is 35.9 Å². The average molecular weight is 340 g/mol. The van der Waals surface area contributed by atoms with E-state index in [9.17, 15) is 4.79 Å². The number of anilines is 1. The summed E-state index contributed by atoms with van der Waals surface area (Å²) in [6.07, 6.45) is 0. The third-order valence-electron chi connectivity index (χ3n) is 4.35. The van der Waals surface area contributed by atoms with Gasteiger partial charge in [0, 0.05) is 42.4 Å². The Balaban J connectivity index is 1.72. The number of hydrogen-bond acceptors (Lipinski definition) is 3. The van der Waals surface area contributed by atoms with E-state index >= 15 is 0 Å². The van der Waals surface area contributed by atoms with Crippen LogP contribution >= 0.6 is 11.8 Å². The Morgan fingerprint density at radius 2 is 1.92 bits per heavy atom. The van der Waals surface area contributed by atoms with Crippen LogP contribution in [0.1, 0.15) is 27.0 Å². The molecule has 126 valence electrons. The first kappa shape index (κ1) is 16.9. The minimum absolute atomic E-state index is 0.147. The van der Waals surface area contributed by atoms with E-state index < -0.39 is 0 Å². The Bertz CT molecular complexity index is 723. The van der Waals surface area contributed by atoms with E-state index in [1.807, 2.05) is 34.9 Å². The Morgan fingerprint density at radius 3 is 2.67 bits per heavy atom. The Labute approximate surface area is 148 Å². The summed E-state index contributed by atoms with van der Waals surface area (Å²) in [5, 5.41) is 3.48. The van der Waals surface area contributed by atoms with Crippen LogP contribution in [0.2, 0.25) is 0 Å². The predicted octanol–water partition coefficient (Wildman–Crippen LogP) is 4.10. The van der Waals surface area contributed by atoms with Crippen LogP contribution in [0.5, 0.6) is 0 Å². The molecule has 1 fully saturated rings. The highest BCUT2D eigenvalue weighted by atomic mass is 32.2. The molecule has 2 aromatic carbocycles. The second-order valence-corrected chi connectivity index (χ2v) is 7.50. The van der Waals surface area contributed by atoms with Crippen molar-refractivity contribution in [1.82, 2.24) is 4.90 Å². The third kappa shape index (κ3) is 4.12. The lowest BCUT2D eigenvalue weighted by Crippen LogP contribution is -2.37. The van der Waals surface area contributed by atoms with Crippen LogP contribution in [0, 0.1) is 13.8 Å². The van der Waals surface area contributed by atoms with Gasteiger partial charge in [0.25, 0.3) is 5.91 Å². The van der Waals surface area contributed by atoms with E-state index in [-0.39, 0.29) is 5.91 Å². The number of benzene rings is 2. The molecule has 24 heavy (non-hydrogen) atoms. The van der Waals surface area contributed by atoms with Gasteiger partial charge in [0.1, 0.15) is 0 Å². The topological polar surface area (TPSA) is 32.3 Å². The van der Waals surface area contributed by atoms with Crippen LogP contribution in [0.15, 0.2) is 42.5 Å². The molecule has 0 bridgehead atoms. The maximum absolute atomic E-state index is 12.7. The molecule has 1 aliphatic heterocycles. The monoisotopic (exact) mass is 340 g/mol. The van der Waals surface area contributed by atoms with Crippen LogP contribution in [0.4, 0.5) is 5.69 Å². The van der Waals surface area contributed by atoms with E-state index in [0.29, 0.717) is 0 Å². The molecule has 0 radical (unpaired) electrons. The third-order valence-corrected chi connectivity index (χ3v) is 5.29. The van der Waals surface area contributed by atoms with E-state index in [0.717, 1.165) is 48.0 Å². The second kappa shape index (κ2) is 7.75. The van der Waals surface area contributed by atoms with Gasteiger partial charge in [0.05, 0.1) is 0 Å². The molecule has 3 nitrogen and oxygen atoms in total. The van der Waals surface area contributed by atoms with Crippen molar-refractivity contribution in [3.05, 3.63) is 64.7 Å². The van der Waals surface area contributed by atoms with Crippen molar-refractivity contribution in [1.29, 1.82) is 0 Å². The van der Waals surface area contributed by atoms with Crippen molar-refractivity contribution in [2.24, 2.45) is 0 Å². The highest BCUT2D eigenvalue weighted by Gasteiger charge is 2.18. The molecule has 0 aromatic heterocycles. The minimum atomic E-state index is 0.147. The molecular formula is C20H24N2OS. The van der Waals surface area contributed by atoms with E-state index in [4.69, 9.17) is 0 Å². The second-order valence-electron chi connectivity index (χ2n) is 6.28. The fraction of sp³-hybridized carbons (Fsp3) is 0.350.